The molecule has 1 nitrogen and oxygen atoms in total. The number of alkyl halides is 1. The Hall–Kier alpha value is -0.340. The number of benzene rings is 1. The van der Waals surface area contributed by atoms with E-state index in [1.54, 1.807) is 7.11 Å². The minimum atomic E-state index is 0.200. The minimum absolute atomic E-state index is 0.200. The van der Waals surface area contributed by atoms with Crippen molar-refractivity contribution in [2.24, 2.45) is 0 Å². The topological polar surface area (TPSA) is 9.23 Å². The molecule has 0 N–H and O–H groups in total. The molecule has 0 spiro atoms. The SMILES string of the molecule is COCc1ccc(C(C)(C)CBr)cc1. The number of hydrogen-bond donors (Lipinski definition) is 0. The van der Waals surface area contributed by atoms with Crippen LogP contribution >= 0.6 is 15.9 Å². The zero-order valence-corrected chi connectivity index (χ0v) is 10.6. The maximum Gasteiger partial charge on any atom is 0.0713 e. The van der Waals surface area contributed by atoms with E-state index < -0.39 is 0 Å². The second kappa shape index (κ2) is 4.94. The van der Waals surface area contributed by atoms with Crippen LogP contribution in [-0.4, -0.2) is 12.4 Å². The number of rotatable bonds is 4. The molecule has 0 bridgehead atoms. The summed E-state index contributed by atoms with van der Waals surface area (Å²) >= 11 is 3.53. The van der Waals surface area contributed by atoms with Crippen molar-refractivity contribution in [1.29, 1.82) is 0 Å². The minimum Gasteiger partial charge on any atom is -0.380 e. The molecule has 0 aromatic heterocycles. The van der Waals surface area contributed by atoms with Crippen molar-refractivity contribution in [2.75, 3.05) is 12.4 Å². The number of methoxy groups -OCH3 is 1. The van der Waals surface area contributed by atoms with Crippen LogP contribution < -0.4 is 0 Å². The first-order valence-electron chi connectivity index (χ1n) is 4.74. The average Bonchev–Trinajstić information content (AvgIpc) is 2.19. The first-order valence-corrected chi connectivity index (χ1v) is 5.86. The molecule has 0 atom stereocenters. The molecule has 0 saturated carbocycles. The van der Waals surface area contributed by atoms with Crippen molar-refractivity contribution < 1.29 is 4.74 Å². The van der Waals surface area contributed by atoms with Gasteiger partial charge in [-0.05, 0) is 16.5 Å². The van der Waals surface area contributed by atoms with Crippen LogP contribution in [0.25, 0.3) is 0 Å². The van der Waals surface area contributed by atoms with Crippen molar-refractivity contribution in [3.63, 3.8) is 0 Å². The Kier molecular flexibility index (Phi) is 4.14. The fourth-order valence-electron chi connectivity index (χ4n) is 1.30. The van der Waals surface area contributed by atoms with Gasteiger partial charge in [-0.3, -0.25) is 0 Å². The average molecular weight is 257 g/mol. The Morgan fingerprint density at radius 2 is 1.79 bits per heavy atom. The molecular formula is C12H17BrO. The van der Waals surface area contributed by atoms with E-state index in [-0.39, 0.29) is 5.41 Å². The largest absolute Gasteiger partial charge is 0.380 e. The highest BCUT2D eigenvalue weighted by molar-refractivity contribution is 9.09. The fourth-order valence-corrected chi connectivity index (χ4v) is 1.62. The molecule has 1 rings (SSSR count). The highest BCUT2D eigenvalue weighted by atomic mass is 79.9. The molecule has 0 amide bonds. The maximum absolute atomic E-state index is 5.07. The lowest BCUT2D eigenvalue weighted by atomic mass is 9.87. The van der Waals surface area contributed by atoms with Crippen LogP contribution in [0, 0.1) is 0 Å². The van der Waals surface area contributed by atoms with E-state index in [1.165, 1.54) is 11.1 Å². The molecule has 78 valence electrons. The highest BCUT2D eigenvalue weighted by Crippen LogP contribution is 2.25. The normalized spacial score (nSPS) is 11.7. The molecule has 0 radical (unpaired) electrons. The Morgan fingerprint density at radius 3 is 2.21 bits per heavy atom. The number of ether oxygens (including phenoxy) is 1. The van der Waals surface area contributed by atoms with Crippen molar-refractivity contribution in [3.05, 3.63) is 35.4 Å². The second-order valence-corrected chi connectivity index (χ2v) is 4.71. The molecule has 0 aliphatic rings. The van der Waals surface area contributed by atoms with E-state index >= 15 is 0 Å². The van der Waals surface area contributed by atoms with Crippen molar-refractivity contribution in [2.45, 2.75) is 25.9 Å². The summed E-state index contributed by atoms with van der Waals surface area (Å²) in [5, 5.41) is 0.976. The van der Waals surface area contributed by atoms with Gasteiger partial charge in [0.1, 0.15) is 0 Å². The predicted molar refractivity (Wildman–Crippen MR) is 64.0 cm³/mol. The van der Waals surface area contributed by atoms with Gasteiger partial charge in [-0.15, -0.1) is 0 Å². The van der Waals surface area contributed by atoms with Crippen LogP contribution in [-0.2, 0) is 16.8 Å². The van der Waals surface area contributed by atoms with Crippen molar-refractivity contribution in [3.8, 4) is 0 Å². The second-order valence-electron chi connectivity index (χ2n) is 4.15. The van der Waals surface area contributed by atoms with Gasteiger partial charge in [0.05, 0.1) is 6.61 Å². The first kappa shape index (κ1) is 11.7. The van der Waals surface area contributed by atoms with Crippen LogP contribution in [0.4, 0.5) is 0 Å². The summed E-state index contributed by atoms with van der Waals surface area (Å²) in [5.74, 6) is 0. The quantitative estimate of drug-likeness (QED) is 0.750. The lowest BCUT2D eigenvalue weighted by molar-refractivity contribution is 0.185. The summed E-state index contributed by atoms with van der Waals surface area (Å²) in [7, 11) is 1.72. The summed E-state index contributed by atoms with van der Waals surface area (Å²) < 4.78 is 5.07. The molecular weight excluding hydrogens is 240 g/mol. The van der Waals surface area contributed by atoms with E-state index in [0.717, 1.165) is 5.33 Å². The van der Waals surface area contributed by atoms with E-state index in [4.69, 9.17) is 4.74 Å². The van der Waals surface area contributed by atoms with Gasteiger partial charge in [0.15, 0.2) is 0 Å². The number of halogens is 1. The molecule has 0 fully saturated rings. The zero-order chi connectivity index (χ0) is 10.6. The van der Waals surface area contributed by atoms with Gasteiger partial charge in [-0.1, -0.05) is 54.0 Å². The molecule has 1 aromatic rings. The summed E-state index contributed by atoms with van der Waals surface area (Å²) in [6.45, 7) is 5.15. The van der Waals surface area contributed by atoms with E-state index in [2.05, 4.69) is 54.0 Å². The maximum atomic E-state index is 5.07. The molecule has 0 aliphatic heterocycles. The van der Waals surface area contributed by atoms with Gasteiger partial charge in [0.25, 0.3) is 0 Å². The van der Waals surface area contributed by atoms with E-state index in [1.807, 2.05) is 0 Å². The standard InChI is InChI=1S/C12H17BrO/c1-12(2,9-13)11-6-4-10(5-7-11)8-14-3/h4-7H,8-9H2,1-3H3. The van der Waals surface area contributed by atoms with Crippen LogP contribution in [0.5, 0.6) is 0 Å². The molecule has 0 saturated heterocycles. The van der Waals surface area contributed by atoms with Gasteiger partial charge in [0, 0.05) is 12.4 Å². The molecule has 2 heteroatoms. The summed E-state index contributed by atoms with van der Waals surface area (Å²) in [4.78, 5) is 0. The van der Waals surface area contributed by atoms with Gasteiger partial charge in [-0.25, -0.2) is 0 Å². The van der Waals surface area contributed by atoms with Crippen molar-refractivity contribution >= 4 is 15.9 Å². The zero-order valence-electron chi connectivity index (χ0n) is 9.01. The van der Waals surface area contributed by atoms with Gasteiger partial charge < -0.3 is 4.74 Å². The van der Waals surface area contributed by atoms with Gasteiger partial charge >= 0.3 is 0 Å². The smallest absolute Gasteiger partial charge is 0.0713 e. The lowest BCUT2D eigenvalue weighted by Gasteiger charge is -2.22. The van der Waals surface area contributed by atoms with Crippen LogP contribution in [0.1, 0.15) is 25.0 Å². The van der Waals surface area contributed by atoms with Crippen LogP contribution in [0.15, 0.2) is 24.3 Å². The summed E-state index contributed by atoms with van der Waals surface area (Å²) in [6.07, 6.45) is 0. The Bertz CT molecular complexity index is 277. The third-order valence-corrected chi connectivity index (χ3v) is 3.78. The van der Waals surface area contributed by atoms with E-state index in [0.29, 0.717) is 6.61 Å². The monoisotopic (exact) mass is 256 g/mol. The molecule has 0 heterocycles. The lowest BCUT2D eigenvalue weighted by Crippen LogP contribution is -2.18. The Balaban J connectivity index is 2.82. The fraction of sp³-hybridized carbons (Fsp3) is 0.500. The number of hydrogen-bond acceptors (Lipinski definition) is 1. The van der Waals surface area contributed by atoms with Crippen LogP contribution in [0.3, 0.4) is 0 Å². The molecule has 14 heavy (non-hydrogen) atoms. The summed E-state index contributed by atoms with van der Waals surface area (Å²) in [6, 6.07) is 8.61. The Morgan fingerprint density at radius 1 is 1.21 bits per heavy atom. The van der Waals surface area contributed by atoms with Crippen LogP contribution in [0.2, 0.25) is 0 Å². The highest BCUT2D eigenvalue weighted by Gasteiger charge is 2.18. The third kappa shape index (κ3) is 2.82. The molecule has 1 aromatic carbocycles. The molecule has 0 aliphatic carbocycles. The summed E-state index contributed by atoms with van der Waals surface area (Å²) in [5.41, 5.74) is 2.78. The third-order valence-electron chi connectivity index (χ3n) is 2.38. The first-order chi connectivity index (χ1) is 6.60. The van der Waals surface area contributed by atoms with Crippen molar-refractivity contribution in [1.82, 2.24) is 0 Å². The van der Waals surface area contributed by atoms with Gasteiger partial charge in [0.2, 0.25) is 0 Å². The predicted octanol–water partition coefficient (Wildman–Crippen LogP) is 3.51. The van der Waals surface area contributed by atoms with E-state index in [9.17, 15) is 0 Å². The van der Waals surface area contributed by atoms with Gasteiger partial charge in [-0.2, -0.15) is 0 Å². The molecule has 0 unspecified atom stereocenters. The Labute approximate surface area is 94.6 Å².